The summed E-state index contributed by atoms with van der Waals surface area (Å²) >= 11 is 0. The van der Waals surface area contributed by atoms with E-state index in [0.717, 1.165) is 0 Å². The molecule has 110 valence electrons. The van der Waals surface area contributed by atoms with Gasteiger partial charge in [-0.3, -0.25) is 9.59 Å². The second-order valence-electron chi connectivity index (χ2n) is 5.98. The molecule has 1 rings (SSSR count). The first kappa shape index (κ1) is 16.0. The number of hydrogen-bond acceptors (Lipinski definition) is 3. The summed E-state index contributed by atoms with van der Waals surface area (Å²) < 4.78 is 5.64. The van der Waals surface area contributed by atoms with E-state index in [9.17, 15) is 9.59 Å². The van der Waals surface area contributed by atoms with Crippen LogP contribution in [0.25, 0.3) is 0 Å². The second-order valence-corrected chi connectivity index (χ2v) is 5.98. The molecule has 5 heteroatoms. The normalized spacial score (nSPS) is 28.5. The fourth-order valence-electron chi connectivity index (χ4n) is 2.36. The number of carbonyl (C=O) groups is 2. The van der Waals surface area contributed by atoms with Gasteiger partial charge in [-0.15, -0.1) is 0 Å². The zero-order valence-electron chi connectivity index (χ0n) is 12.9. The van der Waals surface area contributed by atoms with Gasteiger partial charge in [0.1, 0.15) is 11.6 Å². The van der Waals surface area contributed by atoms with Crippen molar-refractivity contribution >= 4 is 11.8 Å². The number of nitrogens with one attached hydrogen (secondary N) is 1. The number of nitrogens with zero attached hydrogens (tertiary/aromatic N) is 1. The Labute approximate surface area is 115 Å². The summed E-state index contributed by atoms with van der Waals surface area (Å²) in [5, 5.41) is 2.82. The van der Waals surface area contributed by atoms with Crippen LogP contribution >= 0.6 is 0 Å². The lowest BCUT2D eigenvalue weighted by Crippen LogP contribution is -2.69. The Bertz CT molecular complexity index is 368. The second kappa shape index (κ2) is 5.49. The van der Waals surface area contributed by atoms with E-state index in [0.29, 0.717) is 19.6 Å². The van der Waals surface area contributed by atoms with Crippen LogP contribution in [0, 0.1) is 0 Å². The first-order chi connectivity index (χ1) is 8.67. The zero-order chi connectivity index (χ0) is 14.8. The number of carbonyl (C=O) groups excluding carboxylic acids is 2. The maximum absolute atomic E-state index is 12.6. The summed E-state index contributed by atoms with van der Waals surface area (Å²) in [7, 11) is 0. The molecule has 19 heavy (non-hydrogen) atoms. The SMILES string of the molecule is CCOC(C)(C)CN1C(=O)C(C)(CC)NC(=O)C1C. The first-order valence-electron chi connectivity index (χ1n) is 6.94. The minimum atomic E-state index is -0.800. The lowest BCUT2D eigenvalue weighted by molar-refractivity contribution is -0.158. The van der Waals surface area contributed by atoms with Crippen LogP contribution in [0.2, 0.25) is 0 Å². The molecular weight excluding hydrogens is 244 g/mol. The molecule has 2 atom stereocenters. The van der Waals surface area contributed by atoms with Gasteiger partial charge in [0.15, 0.2) is 0 Å². The molecule has 1 aliphatic heterocycles. The van der Waals surface area contributed by atoms with Crippen molar-refractivity contribution in [2.45, 2.75) is 65.1 Å². The Morgan fingerprint density at radius 1 is 1.37 bits per heavy atom. The molecule has 0 spiro atoms. The smallest absolute Gasteiger partial charge is 0.248 e. The topological polar surface area (TPSA) is 58.6 Å². The minimum Gasteiger partial charge on any atom is -0.374 e. The maximum Gasteiger partial charge on any atom is 0.248 e. The van der Waals surface area contributed by atoms with Crippen LogP contribution in [0.1, 0.15) is 48.0 Å². The molecule has 1 saturated heterocycles. The van der Waals surface area contributed by atoms with Crippen LogP contribution in [-0.4, -0.2) is 47.0 Å². The van der Waals surface area contributed by atoms with Crippen LogP contribution in [0.5, 0.6) is 0 Å². The third-order valence-electron chi connectivity index (χ3n) is 3.77. The van der Waals surface area contributed by atoms with Crippen molar-refractivity contribution in [3.05, 3.63) is 0 Å². The molecule has 5 nitrogen and oxygen atoms in total. The average molecular weight is 270 g/mol. The lowest BCUT2D eigenvalue weighted by Gasteiger charge is -2.45. The molecule has 2 amide bonds. The molecule has 0 bridgehead atoms. The van der Waals surface area contributed by atoms with E-state index in [1.807, 2.05) is 27.7 Å². The van der Waals surface area contributed by atoms with Gasteiger partial charge in [-0.25, -0.2) is 0 Å². The van der Waals surface area contributed by atoms with Gasteiger partial charge in [-0.1, -0.05) is 6.92 Å². The van der Waals surface area contributed by atoms with Gasteiger partial charge < -0.3 is 15.0 Å². The highest BCUT2D eigenvalue weighted by molar-refractivity contribution is 5.99. The summed E-state index contributed by atoms with van der Waals surface area (Å²) in [5.41, 5.74) is -1.25. The van der Waals surface area contributed by atoms with E-state index in [-0.39, 0.29) is 11.8 Å². The van der Waals surface area contributed by atoms with Gasteiger partial charge in [-0.05, 0) is 41.0 Å². The molecule has 1 N–H and O–H groups in total. The van der Waals surface area contributed by atoms with Crippen molar-refractivity contribution in [2.75, 3.05) is 13.2 Å². The maximum atomic E-state index is 12.6. The molecule has 0 aromatic heterocycles. The highest BCUT2D eigenvalue weighted by Crippen LogP contribution is 2.24. The summed E-state index contributed by atoms with van der Waals surface area (Å²) in [6.45, 7) is 12.2. The highest BCUT2D eigenvalue weighted by atomic mass is 16.5. The Balaban J connectivity index is 2.96. The fraction of sp³-hybridized carbons (Fsp3) is 0.857. The van der Waals surface area contributed by atoms with Crippen molar-refractivity contribution < 1.29 is 14.3 Å². The van der Waals surface area contributed by atoms with Crippen LogP contribution in [0.15, 0.2) is 0 Å². The van der Waals surface area contributed by atoms with Crippen molar-refractivity contribution in [1.82, 2.24) is 10.2 Å². The number of piperazine rings is 1. The van der Waals surface area contributed by atoms with E-state index in [2.05, 4.69) is 5.32 Å². The van der Waals surface area contributed by atoms with Crippen LogP contribution in [0.3, 0.4) is 0 Å². The number of rotatable bonds is 5. The number of hydrogen-bond donors (Lipinski definition) is 1. The molecule has 1 heterocycles. The van der Waals surface area contributed by atoms with Gasteiger partial charge in [0.25, 0.3) is 0 Å². The van der Waals surface area contributed by atoms with Crippen LogP contribution < -0.4 is 5.32 Å². The van der Waals surface area contributed by atoms with Gasteiger partial charge in [0.2, 0.25) is 11.8 Å². The largest absolute Gasteiger partial charge is 0.374 e. The number of ether oxygens (including phenoxy) is 1. The molecule has 0 aliphatic carbocycles. The monoisotopic (exact) mass is 270 g/mol. The Hall–Kier alpha value is -1.10. The molecule has 2 unspecified atom stereocenters. The van der Waals surface area contributed by atoms with E-state index in [1.54, 1.807) is 18.7 Å². The molecule has 0 saturated carbocycles. The van der Waals surface area contributed by atoms with Gasteiger partial charge >= 0.3 is 0 Å². The standard InChI is InChI=1S/C14H26N2O3/c1-7-14(6)12(18)16(10(3)11(17)15-14)9-13(4,5)19-8-2/h10H,7-9H2,1-6H3,(H,15,17). The summed E-state index contributed by atoms with van der Waals surface area (Å²) in [5.74, 6) is -0.133. The predicted octanol–water partition coefficient (Wildman–Crippen LogP) is 1.32. The molecular formula is C14H26N2O3. The first-order valence-corrected chi connectivity index (χ1v) is 6.94. The number of amides is 2. The van der Waals surface area contributed by atoms with Crippen molar-refractivity contribution in [1.29, 1.82) is 0 Å². The fourth-order valence-corrected chi connectivity index (χ4v) is 2.36. The summed E-state index contributed by atoms with van der Waals surface area (Å²) in [6, 6.07) is -0.452. The zero-order valence-corrected chi connectivity index (χ0v) is 12.9. The summed E-state index contributed by atoms with van der Waals surface area (Å²) in [4.78, 5) is 26.2. The van der Waals surface area contributed by atoms with Gasteiger partial charge in [0, 0.05) is 6.61 Å². The van der Waals surface area contributed by atoms with E-state index in [4.69, 9.17) is 4.74 Å². The van der Waals surface area contributed by atoms with E-state index in [1.165, 1.54) is 0 Å². The Morgan fingerprint density at radius 2 is 1.95 bits per heavy atom. The Kier molecular flexibility index (Phi) is 4.61. The average Bonchev–Trinajstić information content (AvgIpc) is 2.32. The van der Waals surface area contributed by atoms with Crippen molar-refractivity contribution in [3.63, 3.8) is 0 Å². The Morgan fingerprint density at radius 3 is 2.42 bits per heavy atom. The van der Waals surface area contributed by atoms with E-state index < -0.39 is 17.2 Å². The third kappa shape index (κ3) is 3.26. The van der Waals surface area contributed by atoms with Crippen LogP contribution in [-0.2, 0) is 14.3 Å². The lowest BCUT2D eigenvalue weighted by atomic mass is 9.91. The van der Waals surface area contributed by atoms with Crippen LogP contribution in [0.4, 0.5) is 0 Å². The summed E-state index contributed by atoms with van der Waals surface area (Å²) in [6.07, 6.45) is 0.579. The molecule has 1 aliphatic rings. The predicted molar refractivity (Wildman–Crippen MR) is 73.7 cm³/mol. The van der Waals surface area contributed by atoms with Gasteiger partial charge in [0.05, 0.1) is 12.1 Å². The minimum absolute atomic E-state index is 0.0325. The quantitative estimate of drug-likeness (QED) is 0.819. The van der Waals surface area contributed by atoms with Crippen molar-refractivity contribution in [2.24, 2.45) is 0 Å². The molecule has 0 radical (unpaired) electrons. The molecule has 0 aromatic rings. The molecule has 1 fully saturated rings. The third-order valence-corrected chi connectivity index (χ3v) is 3.77. The highest BCUT2D eigenvalue weighted by Gasteiger charge is 2.46. The van der Waals surface area contributed by atoms with Gasteiger partial charge in [-0.2, -0.15) is 0 Å². The molecule has 0 aromatic carbocycles. The van der Waals surface area contributed by atoms with E-state index >= 15 is 0 Å². The van der Waals surface area contributed by atoms with Crippen molar-refractivity contribution in [3.8, 4) is 0 Å².